The quantitative estimate of drug-likeness (QED) is 0.173. The van der Waals surface area contributed by atoms with E-state index in [-0.39, 0.29) is 40.6 Å². The maximum Gasteiger partial charge on any atom is 0.305 e. The van der Waals surface area contributed by atoms with Crippen molar-refractivity contribution in [1.82, 2.24) is 0 Å². The van der Waals surface area contributed by atoms with Crippen LogP contribution in [0.1, 0.15) is 130 Å². The highest BCUT2D eigenvalue weighted by Crippen LogP contribution is 2.68. The average Bonchev–Trinajstić information content (AvgIpc) is 3.66. The second kappa shape index (κ2) is 12.9. The van der Waals surface area contributed by atoms with Gasteiger partial charge in [0.2, 0.25) is 0 Å². The van der Waals surface area contributed by atoms with Gasteiger partial charge in [-0.1, -0.05) is 38.3 Å². The zero-order valence-electron chi connectivity index (χ0n) is 30.4. The van der Waals surface area contributed by atoms with Gasteiger partial charge in [0, 0.05) is 62.2 Å². The number of carbonyl (C=O) groups excluding carboxylic acids is 2. The maximum absolute atomic E-state index is 12.1. The molecule has 0 amide bonds. The number of epoxide rings is 1. The SMILES string of the molecule is CCC(=O)O[C@H]1C/C(C)=C\CC23CCCC1C2C1(CC3)OCCO1.CCC(=O)O[C@H]1C[C@@]2(C)O[C@H]2CC23CCCC1C2C1(CC3)OCCO1. The van der Waals surface area contributed by atoms with E-state index in [2.05, 4.69) is 19.9 Å². The summed E-state index contributed by atoms with van der Waals surface area (Å²) in [6.45, 7) is 10.9. The molecule has 9 heteroatoms. The fourth-order valence-corrected chi connectivity index (χ4v) is 12.6. The second-order valence-electron chi connectivity index (χ2n) is 17.4. The Morgan fingerprint density at radius 3 is 1.88 bits per heavy atom. The van der Waals surface area contributed by atoms with Crippen molar-refractivity contribution in [2.24, 2.45) is 34.5 Å². The first kappa shape index (κ1) is 34.6. The molecule has 3 heterocycles. The minimum atomic E-state index is -0.440. The Bertz CT molecular complexity index is 1300. The first-order valence-electron chi connectivity index (χ1n) is 19.9. The van der Waals surface area contributed by atoms with Gasteiger partial charge in [-0.05, 0) is 76.0 Å². The van der Waals surface area contributed by atoms with Crippen LogP contribution in [0.15, 0.2) is 11.6 Å². The van der Waals surface area contributed by atoms with Crippen LogP contribution in [-0.2, 0) is 42.7 Å². The third kappa shape index (κ3) is 5.84. The highest BCUT2D eigenvalue weighted by atomic mass is 16.7. The van der Waals surface area contributed by atoms with Gasteiger partial charge in [-0.15, -0.1) is 0 Å². The zero-order chi connectivity index (χ0) is 34.1. The van der Waals surface area contributed by atoms with Gasteiger partial charge < -0.3 is 33.2 Å². The number of carbonyl (C=O) groups is 2. The molecule has 0 radical (unpaired) electrons. The van der Waals surface area contributed by atoms with Crippen LogP contribution in [0, 0.1) is 34.5 Å². The molecule has 6 aliphatic carbocycles. The summed E-state index contributed by atoms with van der Waals surface area (Å²) in [5, 5.41) is 0. The maximum atomic E-state index is 12.1. The van der Waals surface area contributed by atoms with E-state index in [9.17, 15) is 9.59 Å². The van der Waals surface area contributed by atoms with Crippen LogP contribution < -0.4 is 0 Å². The Balaban J connectivity index is 0.000000142. The molecule has 9 rings (SSSR count). The molecule has 9 nitrogen and oxygen atoms in total. The summed E-state index contributed by atoms with van der Waals surface area (Å²) in [7, 11) is 0. The van der Waals surface area contributed by atoms with Crippen LogP contribution in [0.4, 0.5) is 0 Å². The van der Waals surface area contributed by atoms with Crippen molar-refractivity contribution in [3.05, 3.63) is 11.6 Å². The summed E-state index contributed by atoms with van der Waals surface area (Å²) in [4.78, 5) is 24.2. The van der Waals surface area contributed by atoms with E-state index in [0.29, 0.717) is 69.0 Å². The molecule has 2 spiro atoms. The number of hydrogen-bond acceptors (Lipinski definition) is 9. The Kier molecular flexibility index (Phi) is 9.07. The van der Waals surface area contributed by atoms with E-state index in [1.807, 2.05) is 13.8 Å². The summed E-state index contributed by atoms with van der Waals surface area (Å²) in [5.41, 5.74) is 1.75. The molecule has 5 saturated carbocycles. The fraction of sp³-hybridized carbons (Fsp3) is 0.900. The predicted octanol–water partition coefficient (Wildman–Crippen LogP) is 7.19. The van der Waals surface area contributed by atoms with E-state index in [1.54, 1.807) is 0 Å². The van der Waals surface area contributed by atoms with Crippen molar-refractivity contribution in [3.63, 3.8) is 0 Å². The van der Waals surface area contributed by atoms with Crippen LogP contribution in [0.5, 0.6) is 0 Å². The molecule has 49 heavy (non-hydrogen) atoms. The molecule has 274 valence electrons. The van der Waals surface area contributed by atoms with Gasteiger partial charge in [0.05, 0.1) is 38.1 Å². The van der Waals surface area contributed by atoms with E-state index >= 15 is 0 Å². The molecular weight excluding hydrogens is 624 g/mol. The highest BCUT2D eigenvalue weighted by molar-refractivity contribution is 5.69. The van der Waals surface area contributed by atoms with Crippen LogP contribution in [0.3, 0.4) is 0 Å². The summed E-state index contributed by atoms with van der Waals surface area (Å²) in [6.07, 6.45) is 18.8. The lowest BCUT2D eigenvalue weighted by Crippen LogP contribution is -2.54. The Morgan fingerprint density at radius 1 is 0.735 bits per heavy atom. The van der Waals surface area contributed by atoms with Crippen molar-refractivity contribution in [1.29, 1.82) is 0 Å². The summed E-state index contributed by atoms with van der Waals surface area (Å²) in [6, 6.07) is 0. The monoisotopic (exact) mass is 684 g/mol. The number of esters is 2. The number of hydrogen-bond donors (Lipinski definition) is 0. The molecule has 8 fully saturated rings. The van der Waals surface area contributed by atoms with Crippen LogP contribution >= 0.6 is 0 Å². The average molecular weight is 685 g/mol. The number of ether oxygens (including phenoxy) is 7. The van der Waals surface area contributed by atoms with Gasteiger partial charge in [-0.2, -0.15) is 0 Å². The number of allylic oxidation sites excluding steroid dienone is 1. The normalized spacial score (nSPS) is 46.4. The second-order valence-corrected chi connectivity index (χ2v) is 17.4. The minimum absolute atomic E-state index is 0.0264. The number of fused-ring (bicyclic) bond motifs is 1. The molecule has 3 saturated heterocycles. The third-order valence-electron chi connectivity index (χ3n) is 14.8. The molecule has 10 atom stereocenters. The lowest BCUT2D eigenvalue weighted by molar-refractivity contribution is -0.230. The van der Waals surface area contributed by atoms with Gasteiger partial charge in [-0.3, -0.25) is 9.59 Å². The molecular formula is C40H60O9. The van der Waals surface area contributed by atoms with E-state index < -0.39 is 11.6 Å². The molecule has 0 aromatic carbocycles. The summed E-state index contributed by atoms with van der Waals surface area (Å²) >= 11 is 0. The standard InChI is InChI=1S/C20H30O5.C20H30O4/c1-3-16(21)24-14-11-18(2)15(25-18)12-19-6-4-5-13(14)17(19)20(8-7-19)22-9-10-23-20;1-3-17(21)24-16-13-14(2)6-8-19-7-4-5-15(16)18(19)20(10-9-19)22-11-12-23-20/h13-15,17H,3-12H2,1-2H3;6,15-16,18H,3-5,7-13H2,1-2H3/b;14-6-/t13?,14-,15-,17?,18+,19?;15?,16-,18?,19?/m00/s1. The number of rotatable bonds is 4. The fourth-order valence-electron chi connectivity index (χ4n) is 12.6. The van der Waals surface area contributed by atoms with Gasteiger partial charge >= 0.3 is 11.9 Å². The smallest absolute Gasteiger partial charge is 0.305 e. The largest absolute Gasteiger partial charge is 0.462 e. The zero-order valence-corrected chi connectivity index (χ0v) is 30.4. The van der Waals surface area contributed by atoms with Crippen molar-refractivity contribution in [2.45, 2.75) is 166 Å². The molecule has 0 aromatic rings. The molecule has 4 bridgehead atoms. The van der Waals surface area contributed by atoms with Crippen molar-refractivity contribution < 1.29 is 42.7 Å². The summed E-state index contributed by atoms with van der Waals surface area (Å²) in [5.74, 6) is 0.351. The van der Waals surface area contributed by atoms with Gasteiger partial charge in [0.15, 0.2) is 11.6 Å². The molecule has 6 unspecified atom stereocenters. The Labute approximate surface area is 292 Å². The lowest BCUT2D eigenvalue weighted by atomic mass is 9.56. The third-order valence-corrected chi connectivity index (χ3v) is 14.8. The first-order chi connectivity index (χ1) is 23.6. The van der Waals surface area contributed by atoms with Crippen LogP contribution in [-0.4, -0.2) is 73.9 Å². The first-order valence-corrected chi connectivity index (χ1v) is 19.9. The van der Waals surface area contributed by atoms with Crippen molar-refractivity contribution in [2.75, 3.05) is 26.4 Å². The molecule has 0 aromatic heterocycles. The predicted molar refractivity (Wildman–Crippen MR) is 180 cm³/mol. The Hall–Kier alpha value is -1.52. The molecule has 9 aliphatic rings. The molecule has 0 N–H and O–H groups in total. The van der Waals surface area contributed by atoms with Gasteiger partial charge in [0.25, 0.3) is 0 Å². The topological polar surface area (TPSA) is 102 Å². The minimum Gasteiger partial charge on any atom is -0.462 e. The van der Waals surface area contributed by atoms with E-state index in [4.69, 9.17) is 33.2 Å². The molecule has 3 aliphatic heterocycles. The van der Waals surface area contributed by atoms with Crippen LogP contribution in [0.2, 0.25) is 0 Å². The van der Waals surface area contributed by atoms with E-state index in [0.717, 1.165) is 57.8 Å². The lowest BCUT2D eigenvalue weighted by Gasteiger charge is -2.51. The van der Waals surface area contributed by atoms with E-state index in [1.165, 1.54) is 37.7 Å². The highest BCUT2D eigenvalue weighted by Gasteiger charge is 2.70. The van der Waals surface area contributed by atoms with Gasteiger partial charge in [-0.25, -0.2) is 0 Å². The summed E-state index contributed by atoms with van der Waals surface area (Å²) < 4.78 is 43.1. The Morgan fingerprint density at radius 2 is 1.27 bits per heavy atom. The van der Waals surface area contributed by atoms with Crippen molar-refractivity contribution >= 4 is 11.9 Å². The van der Waals surface area contributed by atoms with Crippen LogP contribution in [0.25, 0.3) is 0 Å². The van der Waals surface area contributed by atoms with Crippen molar-refractivity contribution in [3.8, 4) is 0 Å². The van der Waals surface area contributed by atoms with Gasteiger partial charge in [0.1, 0.15) is 12.2 Å².